The van der Waals surface area contributed by atoms with Crippen LogP contribution in [0.15, 0.2) is 36.5 Å². The zero-order chi connectivity index (χ0) is 13.4. The van der Waals surface area contributed by atoms with Gasteiger partial charge in [0.1, 0.15) is 0 Å². The van der Waals surface area contributed by atoms with Gasteiger partial charge in [0.05, 0.1) is 23.7 Å². The molecule has 3 rings (SSSR count). The van der Waals surface area contributed by atoms with Crippen LogP contribution < -0.4 is 4.98 Å². The Labute approximate surface area is 108 Å². The Hall–Kier alpha value is -2.69. The number of carbonyl (C=O) groups excluding carboxylic acids is 2. The molecule has 19 heavy (non-hydrogen) atoms. The molecule has 0 spiro atoms. The van der Waals surface area contributed by atoms with Crippen molar-refractivity contribution in [3.63, 3.8) is 0 Å². The standard InChI is InChI=1S/C14H10N2O3/c1-19-14(18)13(17)11-5-3-8-2-4-10-9(6-7-15-10)12(8)16-11/h2-7,16H,1H3/p+1. The van der Waals surface area contributed by atoms with Crippen molar-refractivity contribution in [1.29, 1.82) is 0 Å². The first-order valence-electron chi connectivity index (χ1n) is 5.75. The number of aromatic amines is 2. The zero-order valence-electron chi connectivity index (χ0n) is 10.2. The van der Waals surface area contributed by atoms with E-state index in [4.69, 9.17) is 0 Å². The third-order valence-electron chi connectivity index (χ3n) is 3.07. The minimum atomic E-state index is -0.878. The highest BCUT2D eigenvalue weighted by molar-refractivity contribution is 6.40. The summed E-state index contributed by atoms with van der Waals surface area (Å²) >= 11 is 0. The van der Waals surface area contributed by atoms with Crippen molar-refractivity contribution in [2.45, 2.75) is 0 Å². The molecule has 0 amide bonds. The van der Waals surface area contributed by atoms with E-state index in [1.807, 2.05) is 24.4 Å². The lowest BCUT2D eigenvalue weighted by Gasteiger charge is -2.03. The number of pyridine rings is 1. The summed E-state index contributed by atoms with van der Waals surface area (Å²) in [6.45, 7) is 0. The summed E-state index contributed by atoms with van der Waals surface area (Å²) in [4.78, 5) is 29.1. The number of hydrogen-bond acceptors (Lipinski definition) is 3. The van der Waals surface area contributed by atoms with Crippen LogP contribution in [0.5, 0.6) is 0 Å². The second kappa shape index (κ2) is 4.20. The lowest BCUT2D eigenvalue weighted by atomic mass is 10.1. The van der Waals surface area contributed by atoms with E-state index >= 15 is 0 Å². The average molecular weight is 255 g/mol. The van der Waals surface area contributed by atoms with E-state index in [2.05, 4.69) is 14.7 Å². The molecule has 1 aromatic carbocycles. The summed E-state index contributed by atoms with van der Waals surface area (Å²) in [5.41, 5.74) is 1.99. The average Bonchev–Trinajstić information content (AvgIpc) is 2.93. The van der Waals surface area contributed by atoms with Gasteiger partial charge in [-0.15, -0.1) is 0 Å². The second-order valence-corrected chi connectivity index (χ2v) is 4.16. The molecule has 5 heteroatoms. The normalized spacial score (nSPS) is 10.8. The van der Waals surface area contributed by atoms with Crippen molar-refractivity contribution in [2.24, 2.45) is 0 Å². The molecule has 0 saturated heterocycles. The fourth-order valence-corrected chi connectivity index (χ4v) is 2.11. The molecule has 2 aromatic heterocycles. The fourth-order valence-electron chi connectivity index (χ4n) is 2.11. The lowest BCUT2D eigenvalue weighted by molar-refractivity contribution is -0.341. The van der Waals surface area contributed by atoms with Crippen LogP contribution in [0.3, 0.4) is 0 Å². The number of fused-ring (bicyclic) bond motifs is 3. The SMILES string of the molecule is COC(=O)C(=O)c1ccc2ccc3[nH+]ccc3c2[nH]1. The molecule has 0 atom stereocenters. The third-order valence-corrected chi connectivity index (χ3v) is 3.07. The van der Waals surface area contributed by atoms with E-state index in [1.165, 1.54) is 7.11 Å². The van der Waals surface area contributed by atoms with Gasteiger partial charge in [0.25, 0.3) is 5.78 Å². The van der Waals surface area contributed by atoms with Gasteiger partial charge in [-0.1, -0.05) is 6.07 Å². The van der Waals surface area contributed by atoms with Crippen LogP contribution in [0.25, 0.3) is 21.8 Å². The van der Waals surface area contributed by atoms with Gasteiger partial charge in [0, 0.05) is 12.1 Å². The number of esters is 1. The number of carbonyl (C=O) groups is 2. The van der Waals surface area contributed by atoms with E-state index in [1.54, 1.807) is 12.1 Å². The smallest absolute Gasteiger partial charge is 0.380 e. The Morgan fingerprint density at radius 1 is 1.16 bits per heavy atom. The Morgan fingerprint density at radius 2 is 1.95 bits per heavy atom. The summed E-state index contributed by atoms with van der Waals surface area (Å²) in [6.07, 6.45) is 1.83. The maximum Gasteiger partial charge on any atom is 0.380 e. The minimum absolute atomic E-state index is 0.216. The van der Waals surface area contributed by atoms with Crippen LogP contribution in [0.4, 0.5) is 0 Å². The van der Waals surface area contributed by atoms with E-state index in [0.717, 1.165) is 21.8 Å². The molecule has 3 aromatic rings. The first-order chi connectivity index (χ1) is 9.20. The quantitative estimate of drug-likeness (QED) is 0.428. The van der Waals surface area contributed by atoms with Gasteiger partial charge >= 0.3 is 5.97 Å². The first-order valence-corrected chi connectivity index (χ1v) is 5.75. The molecule has 0 bridgehead atoms. The molecule has 0 fully saturated rings. The number of benzene rings is 1. The van der Waals surface area contributed by atoms with E-state index < -0.39 is 11.8 Å². The second-order valence-electron chi connectivity index (χ2n) is 4.16. The van der Waals surface area contributed by atoms with Gasteiger partial charge < -0.3 is 9.72 Å². The predicted molar refractivity (Wildman–Crippen MR) is 68.7 cm³/mol. The van der Waals surface area contributed by atoms with Gasteiger partial charge in [-0.05, 0) is 17.5 Å². The molecule has 5 nitrogen and oxygen atoms in total. The van der Waals surface area contributed by atoms with Gasteiger partial charge in [-0.25, -0.2) is 9.78 Å². The number of Topliss-reactive ketones (excluding diaryl/α,β-unsaturated/α-hetero) is 1. The molecule has 2 heterocycles. The molecular formula is C14H11N2O3+. The maximum atomic E-state index is 11.8. The topological polar surface area (TPSA) is 73.3 Å². The Morgan fingerprint density at radius 3 is 2.74 bits per heavy atom. The summed E-state index contributed by atoms with van der Waals surface area (Å²) < 4.78 is 4.44. The number of rotatable bonds is 2. The van der Waals surface area contributed by atoms with E-state index in [0.29, 0.717) is 0 Å². The van der Waals surface area contributed by atoms with Crippen LogP contribution in [0.2, 0.25) is 0 Å². The molecule has 2 N–H and O–H groups in total. The zero-order valence-corrected chi connectivity index (χ0v) is 10.2. The summed E-state index contributed by atoms with van der Waals surface area (Å²) in [5.74, 6) is -1.56. The van der Waals surface area contributed by atoms with Gasteiger partial charge in [-0.3, -0.25) is 4.79 Å². The largest absolute Gasteiger partial charge is 0.463 e. The number of H-pyrrole nitrogens is 2. The van der Waals surface area contributed by atoms with Crippen molar-refractivity contribution < 1.29 is 19.3 Å². The van der Waals surface area contributed by atoms with Crippen molar-refractivity contribution in [1.82, 2.24) is 4.98 Å². The molecule has 0 unspecified atom stereocenters. The highest BCUT2D eigenvalue weighted by atomic mass is 16.5. The first kappa shape index (κ1) is 11.4. The van der Waals surface area contributed by atoms with E-state index in [9.17, 15) is 9.59 Å². The number of methoxy groups -OCH3 is 1. The molecule has 0 aliphatic rings. The molecule has 0 aliphatic carbocycles. The Balaban J connectivity index is 2.24. The van der Waals surface area contributed by atoms with Crippen LogP contribution in [-0.2, 0) is 9.53 Å². The third kappa shape index (κ3) is 1.76. The van der Waals surface area contributed by atoms with Crippen LogP contribution in [0.1, 0.15) is 10.5 Å². The Bertz CT molecular complexity index is 805. The summed E-state index contributed by atoms with van der Waals surface area (Å²) in [6, 6.07) is 9.21. The number of aromatic nitrogens is 2. The predicted octanol–water partition coefficient (Wildman–Crippen LogP) is 1.49. The highest BCUT2D eigenvalue weighted by Crippen LogP contribution is 2.21. The number of nitrogens with one attached hydrogen (secondary N) is 2. The molecule has 0 aliphatic heterocycles. The summed E-state index contributed by atoms with van der Waals surface area (Å²) in [5, 5.41) is 1.94. The molecule has 0 saturated carbocycles. The Kier molecular flexibility index (Phi) is 2.52. The number of hydrogen-bond donors (Lipinski definition) is 1. The van der Waals surface area contributed by atoms with Crippen molar-refractivity contribution in [3.05, 3.63) is 42.2 Å². The van der Waals surface area contributed by atoms with Crippen LogP contribution >= 0.6 is 0 Å². The highest BCUT2D eigenvalue weighted by Gasteiger charge is 2.18. The maximum absolute atomic E-state index is 11.8. The number of ketones is 1. The summed E-state index contributed by atoms with van der Waals surface area (Å²) in [7, 11) is 1.19. The van der Waals surface area contributed by atoms with Crippen molar-refractivity contribution >= 4 is 33.6 Å². The van der Waals surface area contributed by atoms with Gasteiger partial charge in [0.2, 0.25) is 5.52 Å². The number of ether oxygens (including phenoxy) is 1. The van der Waals surface area contributed by atoms with Crippen LogP contribution in [-0.4, -0.2) is 23.8 Å². The van der Waals surface area contributed by atoms with Gasteiger partial charge in [-0.2, -0.15) is 0 Å². The van der Waals surface area contributed by atoms with Gasteiger partial charge in [0.15, 0.2) is 6.20 Å². The van der Waals surface area contributed by atoms with E-state index in [-0.39, 0.29) is 5.69 Å². The monoisotopic (exact) mass is 255 g/mol. The molecule has 94 valence electrons. The van der Waals surface area contributed by atoms with Crippen molar-refractivity contribution in [3.8, 4) is 0 Å². The van der Waals surface area contributed by atoms with Crippen molar-refractivity contribution in [2.75, 3.05) is 7.11 Å². The van der Waals surface area contributed by atoms with Crippen LogP contribution in [0, 0.1) is 0 Å². The molecular weight excluding hydrogens is 244 g/mol. The molecule has 0 radical (unpaired) electrons. The minimum Gasteiger partial charge on any atom is -0.463 e. The fraction of sp³-hybridized carbons (Fsp3) is 0.0714. The lowest BCUT2D eigenvalue weighted by Crippen LogP contribution is -2.17.